The molecule has 108 valence electrons. The topological polar surface area (TPSA) is 78.9 Å². The van der Waals surface area contributed by atoms with Gasteiger partial charge in [-0.1, -0.05) is 0 Å². The minimum absolute atomic E-state index is 0.0756. The number of carbonyl (C=O) groups is 2. The molecular formula is C12H20N2O4S. The van der Waals surface area contributed by atoms with Gasteiger partial charge in [-0.3, -0.25) is 0 Å². The lowest BCUT2D eigenvalue weighted by molar-refractivity contribution is -0.159. The molecule has 0 aromatic carbocycles. The van der Waals surface area contributed by atoms with Gasteiger partial charge in [-0.15, -0.1) is 0 Å². The highest BCUT2D eigenvalue weighted by atomic mass is 32.2. The minimum Gasteiger partial charge on any atom is -0.480 e. The second-order valence-corrected chi connectivity index (χ2v) is 6.55. The number of likely N-dealkylation sites (tertiary alicyclic amines) is 1. The maximum absolute atomic E-state index is 11.8. The predicted molar refractivity (Wildman–Crippen MR) is 72.4 cm³/mol. The Bertz CT molecular complexity index is 352. The Balaban J connectivity index is 1.64. The fourth-order valence-electron chi connectivity index (χ4n) is 2.32. The number of rotatable bonds is 5. The van der Waals surface area contributed by atoms with Crippen LogP contribution in [0, 0.1) is 5.92 Å². The van der Waals surface area contributed by atoms with E-state index < -0.39 is 11.6 Å². The fraction of sp³-hybridized carbons (Fsp3) is 0.833. The van der Waals surface area contributed by atoms with Crippen molar-refractivity contribution in [3.63, 3.8) is 0 Å². The molecule has 2 heterocycles. The molecule has 0 radical (unpaired) electrons. The van der Waals surface area contributed by atoms with Crippen molar-refractivity contribution in [2.45, 2.75) is 18.9 Å². The normalized spacial score (nSPS) is 24.9. The van der Waals surface area contributed by atoms with E-state index in [1.165, 1.54) is 12.2 Å². The second kappa shape index (κ2) is 6.00. The van der Waals surface area contributed by atoms with Gasteiger partial charge >= 0.3 is 12.0 Å². The van der Waals surface area contributed by atoms with Crippen molar-refractivity contribution < 1.29 is 19.4 Å². The van der Waals surface area contributed by atoms with E-state index in [1.54, 1.807) is 4.90 Å². The summed E-state index contributed by atoms with van der Waals surface area (Å²) in [6.07, 6.45) is 1.17. The van der Waals surface area contributed by atoms with Crippen LogP contribution in [0.25, 0.3) is 0 Å². The van der Waals surface area contributed by atoms with Crippen LogP contribution in [-0.2, 0) is 9.53 Å². The van der Waals surface area contributed by atoms with Gasteiger partial charge in [-0.25, -0.2) is 9.59 Å². The highest BCUT2D eigenvalue weighted by Crippen LogP contribution is 2.25. The van der Waals surface area contributed by atoms with Crippen molar-refractivity contribution >= 4 is 23.8 Å². The summed E-state index contributed by atoms with van der Waals surface area (Å²) in [7, 11) is 0. The maximum Gasteiger partial charge on any atom is 0.329 e. The highest BCUT2D eigenvalue weighted by Gasteiger charge is 2.42. The summed E-state index contributed by atoms with van der Waals surface area (Å²) in [4.78, 5) is 23.9. The molecule has 0 bridgehead atoms. The van der Waals surface area contributed by atoms with Crippen LogP contribution >= 0.6 is 11.8 Å². The van der Waals surface area contributed by atoms with Gasteiger partial charge in [-0.05, 0) is 30.8 Å². The molecule has 2 fully saturated rings. The number of carboxylic acids is 1. The lowest BCUT2D eigenvalue weighted by Crippen LogP contribution is -2.65. The number of hydrogen-bond acceptors (Lipinski definition) is 4. The first-order valence-electron chi connectivity index (χ1n) is 6.45. The molecule has 2 saturated heterocycles. The Kier molecular flexibility index (Phi) is 4.57. The summed E-state index contributed by atoms with van der Waals surface area (Å²) >= 11 is 1.93. The third-order valence-corrected chi connectivity index (χ3v) is 4.68. The molecule has 1 unspecified atom stereocenters. The number of amides is 2. The molecule has 0 spiro atoms. The van der Waals surface area contributed by atoms with E-state index in [9.17, 15) is 9.59 Å². The zero-order chi connectivity index (χ0) is 13.9. The molecule has 0 aromatic heterocycles. The van der Waals surface area contributed by atoms with Crippen LogP contribution in [0.2, 0.25) is 0 Å². The lowest BCUT2D eigenvalue weighted by atomic mass is 9.97. The van der Waals surface area contributed by atoms with Gasteiger partial charge in [0.2, 0.25) is 0 Å². The first kappa shape index (κ1) is 14.5. The van der Waals surface area contributed by atoms with Gasteiger partial charge in [0.1, 0.15) is 12.2 Å². The van der Waals surface area contributed by atoms with Crippen LogP contribution in [0.5, 0.6) is 0 Å². The van der Waals surface area contributed by atoms with E-state index in [0.29, 0.717) is 19.0 Å². The number of nitrogens with zero attached hydrogens (tertiary/aromatic N) is 1. The summed E-state index contributed by atoms with van der Waals surface area (Å²) in [5.41, 5.74) is -0.515. The average Bonchev–Trinajstić information content (AvgIpc) is 2.83. The number of carboxylic acid groups (broad SMARTS) is 1. The van der Waals surface area contributed by atoms with E-state index in [2.05, 4.69) is 5.32 Å². The third kappa shape index (κ3) is 4.01. The zero-order valence-electron chi connectivity index (χ0n) is 11.1. The van der Waals surface area contributed by atoms with Crippen molar-refractivity contribution in [1.82, 2.24) is 10.2 Å². The Hall–Kier alpha value is -0.950. The minimum atomic E-state index is -0.983. The second-order valence-electron chi connectivity index (χ2n) is 5.40. The number of carbonyl (C=O) groups excluding carboxylic acids is 1. The first-order chi connectivity index (χ1) is 8.98. The molecular weight excluding hydrogens is 268 g/mol. The molecule has 19 heavy (non-hydrogen) atoms. The summed E-state index contributed by atoms with van der Waals surface area (Å²) < 4.78 is 5.26. The molecule has 0 aliphatic carbocycles. The molecule has 2 rings (SSSR count). The standard InChI is InChI=1S/C12H20N2O4S/c1-12(18-5-10(15)16)7-14(8-12)11(17)13-4-9-2-3-19-6-9/h9H,2-8H2,1H3,(H,13,17)(H,15,16). The Labute approximate surface area is 116 Å². The van der Waals surface area contributed by atoms with E-state index in [-0.39, 0.29) is 12.6 Å². The molecule has 0 aromatic rings. The van der Waals surface area contributed by atoms with Crippen LogP contribution in [0.15, 0.2) is 0 Å². The quantitative estimate of drug-likeness (QED) is 0.775. The number of urea groups is 1. The van der Waals surface area contributed by atoms with E-state index in [1.807, 2.05) is 18.7 Å². The van der Waals surface area contributed by atoms with Crippen LogP contribution in [0.4, 0.5) is 4.79 Å². The predicted octanol–water partition coefficient (Wildman–Crippen LogP) is 0.625. The molecule has 6 nitrogen and oxygen atoms in total. The number of hydrogen-bond donors (Lipinski definition) is 2. The number of nitrogens with one attached hydrogen (secondary N) is 1. The van der Waals surface area contributed by atoms with E-state index in [4.69, 9.17) is 9.84 Å². The monoisotopic (exact) mass is 288 g/mol. The highest BCUT2D eigenvalue weighted by molar-refractivity contribution is 7.99. The molecule has 2 N–H and O–H groups in total. The van der Waals surface area contributed by atoms with Crippen molar-refractivity contribution in [2.24, 2.45) is 5.92 Å². The first-order valence-corrected chi connectivity index (χ1v) is 7.60. The van der Waals surface area contributed by atoms with Crippen molar-refractivity contribution in [3.8, 4) is 0 Å². The van der Waals surface area contributed by atoms with Crippen LogP contribution in [-0.4, -0.2) is 65.4 Å². The zero-order valence-corrected chi connectivity index (χ0v) is 11.9. The lowest BCUT2D eigenvalue weighted by Gasteiger charge is -2.47. The number of thioether (sulfide) groups is 1. The Morgan fingerprint density at radius 3 is 2.84 bits per heavy atom. The van der Waals surface area contributed by atoms with E-state index in [0.717, 1.165) is 12.3 Å². The maximum atomic E-state index is 11.8. The van der Waals surface area contributed by atoms with Gasteiger partial charge in [0.15, 0.2) is 0 Å². The van der Waals surface area contributed by atoms with Crippen molar-refractivity contribution in [3.05, 3.63) is 0 Å². The Morgan fingerprint density at radius 2 is 2.26 bits per heavy atom. The summed E-state index contributed by atoms with van der Waals surface area (Å²) in [5.74, 6) is 1.91. The van der Waals surface area contributed by atoms with Gasteiger partial charge in [-0.2, -0.15) is 11.8 Å². The number of aliphatic carboxylic acids is 1. The molecule has 1 atom stereocenters. The van der Waals surface area contributed by atoms with E-state index >= 15 is 0 Å². The van der Waals surface area contributed by atoms with Gasteiger partial charge in [0.05, 0.1) is 13.1 Å². The van der Waals surface area contributed by atoms with Gasteiger partial charge in [0, 0.05) is 6.54 Å². The average molecular weight is 288 g/mol. The Morgan fingerprint density at radius 1 is 1.53 bits per heavy atom. The third-order valence-electron chi connectivity index (χ3n) is 3.45. The van der Waals surface area contributed by atoms with Crippen LogP contribution in [0.3, 0.4) is 0 Å². The molecule has 7 heteroatoms. The van der Waals surface area contributed by atoms with Crippen molar-refractivity contribution in [1.29, 1.82) is 0 Å². The molecule has 0 saturated carbocycles. The molecule has 2 aliphatic rings. The molecule has 2 amide bonds. The van der Waals surface area contributed by atoms with Crippen LogP contribution < -0.4 is 5.32 Å². The van der Waals surface area contributed by atoms with Crippen molar-refractivity contribution in [2.75, 3.05) is 37.7 Å². The summed E-state index contributed by atoms with van der Waals surface area (Å²) in [6, 6.07) is -0.0756. The summed E-state index contributed by atoms with van der Waals surface area (Å²) in [5, 5.41) is 11.5. The number of ether oxygens (including phenoxy) is 1. The SMILES string of the molecule is CC1(OCC(=O)O)CN(C(=O)NCC2CCSC2)C1. The van der Waals surface area contributed by atoms with Crippen LogP contribution in [0.1, 0.15) is 13.3 Å². The van der Waals surface area contributed by atoms with Gasteiger partial charge < -0.3 is 20.1 Å². The fourth-order valence-corrected chi connectivity index (χ4v) is 3.60. The smallest absolute Gasteiger partial charge is 0.329 e. The molecule has 2 aliphatic heterocycles. The largest absolute Gasteiger partial charge is 0.480 e. The summed E-state index contributed by atoms with van der Waals surface area (Å²) in [6.45, 7) is 3.14. The van der Waals surface area contributed by atoms with Gasteiger partial charge in [0.25, 0.3) is 0 Å².